The lowest BCUT2D eigenvalue weighted by molar-refractivity contribution is -0.139. The minimum absolute atomic E-state index is 0.0104. The molecule has 1 atom stereocenters. The van der Waals surface area contributed by atoms with E-state index in [-0.39, 0.29) is 30.8 Å². The quantitative estimate of drug-likeness (QED) is 0.404. The standard InChI is InChI=1S/C28H30F4N4O4/c1-3-36-22(17-34-13-15-35(16-14-34)25(37)20-7-5-6-8-21(20)29)23(26(38)40-4-2)24(33-27(36)39)18-9-11-19(12-10-18)28(30,31)32/h5-12,24H,3-4,13-17H2,1-2H3,(H,33,39)/t24-/m0/s1. The van der Waals surface area contributed by atoms with E-state index in [2.05, 4.69) is 5.32 Å². The number of rotatable bonds is 7. The van der Waals surface area contributed by atoms with Crippen LogP contribution in [0.2, 0.25) is 0 Å². The highest BCUT2D eigenvalue weighted by Gasteiger charge is 2.39. The molecule has 1 N–H and O–H groups in total. The third-order valence-corrected chi connectivity index (χ3v) is 6.96. The summed E-state index contributed by atoms with van der Waals surface area (Å²) >= 11 is 0. The zero-order chi connectivity index (χ0) is 29.0. The van der Waals surface area contributed by atoms with Crippen LogP contribution in [0.1, 0.15) is 41.4 Å². The van der Waals surface area contributed by atoms with Crippen LogP contribution in [0.15, 0.2) is 59.8 Å². The predicted molar refractivity (Wildman–Crippen MR) is 137 cm³/mol. The maximum Gasteiger partial charge on any atom is 0.416 e. The van der Waals surface area contributed by atoms with Gasteiger partial charge in [0.2, 0.25) is 0 Å². The molecule has 0 aromatic heterocycles. The van der Waals surface area contributed by atoms with E-state index in [1.54, 1.807) is 24.8 Å². The molecule has 0 saturated carbocycles. The second kappa shape index (κ2) is 12.1. The summed E-state index contributed by atoms with van der Waals surface area (Å²) in [6.45, 7) is 5.22. The van der Waals surface area contributed by atoms with Crippen LogP contribution in [0.3, 0.4) is 0 Å². The van der Waals surface area contributed by atoms with Gasteiger partial charge in [0.25, 0.3) is 5.91 Å². The molecule has 2 aliphatic heterocycles. The predicted octanol–water partition coefficient (Wildman–Crippen LogP) is 4.21. The minimum Gasteiger partial charge on any atom is -0.463 e. The van der Waals surface area contributed by atoms with E-state index in [1.807, 2.05) is 4.90 Å². The maximum absolute atomic E-state index is 14.1. The number of alkyl halides is 3. The van der Waals surface area contributed by atoms with Crippen LogP contribution in [0.4, 0.5) is 22.4 Å². The van der Waals surface area contributed by atoms with Gasteiger partial charge in [-0.25, -0.2) is 14.0 Å². The van der Waals surface area contributed by atoms with Crippen LogP contribution in [0, 0.1) is 5.82 Å². The van der Waals surface area contributed by atoms with Gasteiger partial charge < -0.3 is 15.0 Å². The number of benzene rings is 2. The highest BCUT2D eigenvalue weighted by Crippen LogP contribution is 2.35. The summed E-state index contributed by atoms with van der Waals surface area (Å²) < 4.78 is 58.8. The van der Waals surface area contributed by atoms with Crippen LogP contribution in [0.5, 0.6) is 0 Å². The second-order valence-corrected chi connectivity index (χ2v) is 9.38. The Labute approximate surface area is 229 Å². The molecule has 214 valence electrons. The number of nitrogens with one attached hydrogen (secondary N) is 1. The maximum atomic E-state index is 14.1. The fourth-order valence-electron chi connectivity index (χ4n) is 4.90. The molecule has 2 aromatic rings. The van der Waals surface area contributed by atoms with E-state index in [4.69, 9.17) is 4.74 Å². The van der Waals surface area contributed by atoms with Crippen molar-refractivity contribution in [1.82, 2.24) is 20.0 Å². The second-order valence-electron chi connectivity index (χ2n) is 9.38. The van der Waals surface area contributed by atoms with E-state index in [1.165, 1.54) is 35.2 Å². The molecule has 2 heterocycles. The molecule has 40 heavy (non-hydrogen) atoms. The van der Waals surface area contributed by atoms with Crippen molar-refractivity contribution in [1.29, 1.82) is 0 Å². The van der Waals surface area contributed by atoms with Crippen LogP contribution < -0.4 is 5.32 Å². The number of carbonyl (C=O) groups excluding carboxylic acids is 3. The highest BCUT2D eigenvalue weighted by molar-refractivity contribution is 5.95. The number of ether oxygens (including phenoxy) is 1. The lowest BCUT2D eigenvalue weighted by Gasteiger charge is -2.40. The van der Waals surface area contributed by atoms with Crippen LogP contribution in [-0.4, -0.2) is 78.5 Å². The van der Waals surface area contributed by atoms with Gasteiger partial charge in [-0.1, -0.05) is 24.3 Å². The van der Waals surface area contributed by atoms with Crippen molar-refractivity contribution in [2.45, 2.75) is 26.1 Å². The number of hydrogen-bond acceptors (Lipinski definition) is 5. The van der Waals surface area contributed by atoms with Crippen molar-refractivity contribution in [2.24, 2.45) is 0 Å². The molecule has 2 aliphatic rings. The molecule has 0 unspecified atom stereocenters. The fraction of sp³-hybridized carbons (Fsp3) is 0.393. The molecule has 1 fully saturated rings. The van der Waals surface area contributed by atoms with Gasteiger partial charge in [-0.2, -0.15) is 13.2 Å². The van der Waals surface area contributed by atoms with Gasteiger partial charge in [-0.3, -0.25) is 14.6 Å². The van der Waals surface area contributed by atoms with Crippen LogP contribution >= 0.6 is 0 Å². The van der Waals surface area contributed by atoms with Crippen molar-refractivity contribution in [3.63, 3.8) is 0 Å². The topological polar surface area (TPSA) is 82.2 Å². The molecule has 2 aromatic carbocycles. The Hall–Kier alpha value is -3.93. The number of urea groups is 1. The highest BCUT2D eigenvalue weighted by atomic mass is 19.4. The van der Waals surface area contributed by atoms with Crippen molar-refractivity contribution in [3.05, 3.63) is 82.3 Å². The Bertz CT molecular complexity index is 1290. The van der Waals surface area contributed by atoms with E-state index in [0.29, 0.717) is 37.4 Å². The van der Waals surface area contributed by atoms with Crippen molar-refractivity contribution >= 4 is 17.9 Å². The van der Waals surface area contributed by atoms with Gasteiger partial charge in [-0.05, 0) is 43.7 Å². The summed E-state index contributed by atoms with van der Waals surface area (Å²) in [5, 5.41) is 2.73. The summed E-state index contributed by atoms with van der Waals surface area (Å²) in [6.07, 6.45) is -4.53. The molecule has 8 nitrogen and oxygen atoms in total. The van der Waals surface area contributed by atoms with Crippen molar-refractivity contribution in [3.8, 4) is 0 Å². The zero-order valence-electron chi connectivity index (χ0n) is 22.1. The Kier molecular flexibility index (Phi) is 8.77. The van der Waals surface area contributed by atoms with E-state index in [0.717, 1.165) is 12.1 Å². The first kappa shape index (κ1) is 29.1. The van der Waals surface area contributed by atoms with Gasteiger partial charge in [-0.15, -0.1) is 0 Å². The van der Waals surface area contributed by atoms with E-state index >= 15 is 0 Å². The number of amides is 3. The van der Waals surface area contributed by atoms with Gasteiger partial charge in [0.1, 0.15) is 5.82 Å². The first-order chi connectivity index (χ1) is 19.0. The molecular formula is C28H30F4N4O4. The fourth-order valence-corrected chi connectivity index (χ4v) is 4.90. The molecular weight excluding hydrogens is 532 g/mol. The molecule has 4 rings (SSSR count). The third kappa shape index (κ3) is 6.11. The first-order valence-electron chi connectivity index (χ1n) is 13.0. The number of piperazine rings is 1. The molecule has 3 amide bonds. The van der Waals surface area contributed by atoms with E-state index in [9.17, 15) is 31.9 Å². The van der Waals surface area contributed by atoms with E-state index < -0.39 is 41.5 Å². The molecule has 12 heteroatoms. The first-order valence-corrected chi connectivity index (χ1v) is 13.0. The Balaban J connectivity index is 1.61. The normalized spacial score (nSPS) is 18.6. The van der Waals surface area contributed by atoms with Crippen LogP contribution in [-0.2, 0) is 15.7 Å². The lowest BCUT2D eigenvalue weighted by atomic mass is 9.93. The van der Waals surface area contributed by atoms with Gasteiger partial charge in [0.15, 0.2) is 0 Å². The summed E-state index contributed by atoms with van der Waals surface area (Å²) in [4.78, 5) is 44.0. The Morgan fingerprint density at radius 3 is 2.23 bits per heavy atom. The largest absolute Gasteiger partial charge is 0.463 e. The molecule has 0 bridgehead atoms. The number of likely N-dealkylation sites (N-methyl/N-ethyl adjacent to an activating group) is 1. The Morgan fingerprint density at radius 2 is 1.65 bits per heavy atom. The molecule has 0 aliphatic carbocycles. The number of halogens is 4. The van der Waals surface area contributed by atoms with Crippen molar-refractivity contribution < 1.29 is 36.7 Å². The summed E-state index contributed by atoms with van der Waals surface area (Å²) in [6, 6.07) is 8.53. The molecule has 0 radical (unpaired) electrons. The smallest absolute Gasteiger partial charge is 0.416 e. The number of esters is 1. The van der Waals surface area contributed by atoms with Crippen LogP contribution in [0.25, 0.3) is 0 Å². The average Bonchev–Trinajstić information content (AvgIpc) is 2.93. The zero-order valence-corrected chi connectivity index (χ0v) is 22.1. The van der Waals surface area contributed by atoms with Gasteiger partial charge >= 0.3 is 18.2 Å². The number of nitrogens with zero attached hydrogens (tertiary/aromatic N) is 3. The molecule has 0 spiro atoms. The van der Waals surface area contributed by atoms with Gasteiger partial charge in [0.05, 0.1) is 29.3 Å². The monoisotopic (exact) mass is 562 g/mol. The summed E-state index contributed by atoms with van der Waals surface area (Å²) in [7, 11) is 0. The summed E-state index contributed by atoms with van der Waals surface area (Å²) in [5.41, 5.74) is -0.0450. The summed E-state index contributed by atoms with van der Waals surface area (Å²) in [5.74, 6) is -1.70. The number of hydrogen-bond donors (Lipinski definition) is 1. The Morgan fingerprint density at radius 1 is 1.00 bits per heavy atom. The number of carbonyl (C=O) groups is 3. The minimum atomic E-state index is -4.53. The third-order valence-electron chi connectivity index (χ3n) is 6.96. The molecule has 1 saturated heterocycles. The van der Waals surface area contributed by atoms with Gasteiger partial charge in [0, 0.05) is 45.0 Å². The SMILES string of the molecule is CCOC(=O)C1=C(CN2CCN(C(=O)c3ccccc3F)CC2)N(CC)C(=O)N[C@H]1c1ccc(C(F)(F)F)cc1. The van der Waals surface area contributed by atoms with Crippen molar-refractivity contribution in [2.75, 3.05) is 45.9 Å². The lowest BCUT2D eigenvalue weighted by Crippen LogP contribution is -2.53. The average molecular weight is 563 g/mol.